The predicted molar refractivity (Wildman–Crippen MR) is 88.7 cm³/mol. The Kier molecular flexibility index (Phi) is 3.69. The zero-order chi connectivity index (χ0) is 15.7. The Bertz CT molecular complexity index is 795. The van der Waals surface area contributed by atoms with Gasteiger partial charge < -0.3 is 10.6 Å². The van der Waals surface area contributed by atoms with Crippen molar-refractivity contribution >= 4 is 46.4 Å². The molecule has 22 heavy (non-hydrogen) atoms. The van der Waals surface area contributed by atoms with Gasteiger partial charge in [0.05, 0.1) is 5.69 Å². The number of carbonyl (C=O) groups is 2. The van der Waals surface area contributed by atoms with Gasteiger partial charge in [0.2, 0.25) is 5.91 Å². The monoisotopic (exact) mass is 312 g/mol. The molecule has 1 aliphatic rings. The first-order chi connectivity index (χ1) is 10.5. The Labute approximate surface area is 132 Å². The molecule has 0 aliphatic carbocycles. The van der Waals surface area contributed by atoms with E-state index in [1.54, 1.807) is 24.3 Å². The predicted octanol–water partition coefficient (Wildman–Crippen LogP) is 3.79. The normalized spacial score (nSPS) is 14.6. The summed E-state index contributed by atoms with van der Waals surface area (Å²) in [6, 6.07) is 12.6. The van der Waals surface area contributed by atoms with E-state index in [2.05, 4.69) is 10.6 Å². The standard InChI is InChI=1S/C17H13ClN2O2/c1-10(21)19-13-5-2-11(3-6-13)8-15-14-7-4-12(18)9-16(14)20-17(15)22/h2-9H,1H3,(H,19,21)(H,20,22). The number of fused-ring (bicyclic) bond motifs is 1. The summed E-state index contributed by atoms with van der Waals surface area (Å²) in [4.78, 5) is 23.1. The average molecular weight is 313 g/mol. The molecule has 0 unspecified atom stereocenters. The maximum absolute atomic E-state index is 12.1. The first-order valence-corrected chi connectivity index (χ1v) is 7.11. The van der Waals surface area contributed by atoms with Crippen molar-refractivity contribution in [1.82, 2.24) is 0 Å². The van der Waals surface area contributed by atoms with Gasteiger partial charge in [0.15, 0.2) is 0 Å². The molecule has 4 nitrogen and oxygen atoms in total. The van der Waals surface area contributed by atoms with Gasteiger partial charge in [-0.05, 0) is 35.9 Å². The van der Waals surface area contributed by atoms with E-state index >= 15 is 0 Å². The van der Waals surface area contributed by atoms with Crippen molar-refractivity contribution in [2.24, 2.45) is 0 Å². The molecule has 0 aromatic heterocycles. The summed E-state index contributed by atoms with van der Waals surface area (Å²) in [5.41, 5.74) is 3.75. The Morgan fingerprint density at radius 2 is 1.91 bits per heavy atom. The lowest BCUT2D eigenvalue weighted by Crippen LogP contribution is -2.05. The molecule has 110 valence electrons. The zero-order valence-electron chi connectivity index (χ0n) is 11.8. The Hall–Kier alpha value is -2.59. The number of carbonyl (C=O) groups excluding carboxylic acids is 2. The van der Waals surface area contributed by atoms with Crippen LogP contribution in [0, 0.1) is 0 Å². The molecule has 0 atom stereocenters. The maximum Gasteiger partial charge on any atom is 0.256 e. The van der Waals surface area contributed by atoms with Crippen LogP contribution in [0.3, 0.4) is 0 Å². The van der Waals surface area contributed by atoms with Gasteiger partial charge >= 0.3 is 0 Å². The second-order valence-electron chi connectivity index (χ2n) is 5.01. The van der Waals surface area contributed by atoms with Gasteiger partial charge in [0, 0.05) is 28.8 Å². The van der Waals surface area contributed by atoms with Crippen LogP contribution in [0.15, 0.2) is 42.5 Å². The number of halogens is 1. The van der Waals surface area contributed by atoms with Crippen molar-refractivity contribution in [3.05, 3.63) is 58.6 Å². The number of benzene rings is 2. The summed E-state index contributed by atoms with van der Waals surface area (Å²) in [7, 11) is 0. The van der Waals surface area contributed by atoms with Crippen LogP contribution in [-0.2, 0) is 9.59 Å². The van der Waals surface area contributed by atoms with Crippen molar-refractivity contribution in [3.8, 4) is 0 Å². The molecule has 0 fully saturated rings. The Morgan fingerprint density at radius 1 is 1.18 bits per heavy atom. The van der Waals surface area contributed by atoms with E-state index in [-0.39, 0.29) is 11.8 Å². The minimum Gasteiger partial charge on any atom is -0.326 e. The highest BCUT2D eigenvalue weighted by Crippen LogP contribution is 2.34. The number of rotatable bonds is 2. The van der Waals surface area contributed by atoms with Crippen LogP contribution in [0.4, 0.5) is 11.4 Å². The van der Waals surface area contributed by atoms with Crippen LogP contribution < -0.4 is 10.6 Å². The summed E-state index contributed by atoms with van der Waals surface area (Å²) in [6.07, 6.45) is 1.81. The molecular weight excluding hydrogens is 300 g/mol. The van der Waals surface area contributed by atoms with Crippen LogP contribution >= 0.6 is 11.6 Å². The van der Waals surface area contributed by atoms with E-state index in [1.165, 1.54) is 6.92 Å². The lowest BCUT2D eigenvalue weighted by atomic mass is 10.0. The van der Waals surface area contributed by atoms with E-state index in [0.717, 1.165) is 22.5 Å². The smallest absolute Gasteiger partial charge is 0.256 e. The van der Waals surface area contributed by atoms with Crippen LogP contribution in [-0.4, -0.2) is 11.8 Å². The molecular formula is C17H13ClN2O2. The van der Waals surface area contributed by atoms with Gasteiger partial charge in [0.1, 0.15) is 0 Å². The summed E-state index contributed by atoms with van der Waals surface area (Å²) >= 11 is 5.93. The lowest BCUT2D eigenvalue weighted by molar-refractivity contribution is -0.114. The molecule has 1 heterocycles. The highest BCUT2D eigenvalue weighted by molar-refractivity contribution is 6.36. The molecule has 0 bridgehead atoms. The third-order valence-corrected chi connectivity index (χ3v) is 3.54. The quantitative estimate of drug-likeness (QED) is 0.829. The van der Waals surface area contributed by atoms with Gasteiger partial charge in [0.25, 0.3) is 5.91 Å². The highest BCUT2D eigenvalue weighted by Gasteiger charge is 2.23. The van der Waals surface area contributed by atoms with Crippen LogP contribution in [0.5, 0.6) is 0 Å². The molecule has 3 rings (SSSR count). The van der Waals surface area contributed by atoms with Gasteiger partial charge in [-0.15, -0.1) is 0 Å². The summed E-state index contributed by atoms with van der Waals surface area (Å²) < 4.78 is 0. The highest BCUT2D eigenvalue weighted by atomic mass is 35.5. The fourth-order valence-corrected chi connectivity index (χ4v) is 2.51. The second-order valence-corrected chi connectivity index (χ2v) is 5.44. The largest absolute Gasteiger partial charge is 0.326 e. The number of hydrogen-bond donors (Lipinski definition) is 2. The summed E-state index contributed by atoms with van der Waals surface area (Å²) in [5, 5.41) is 6.08. The third-order valence-electron chi connectivity index (χ3n) is 3.31. The van der Waals surface area contributed by atoms with Gasteiger partial charge in [-0.3, -0.25) is 9.59 Å². The first-order valence-electron chi connectivity index (χ1n) is 6.73. The van der Waals surface area contributed by atoms with Crippen molar-refractivity contribution in [3.63, 3.8) is 0 Å². The van der Waals surface area contributed by atoms with Gasteiger partial charge in [-0.2, -0.15) is 0 Å². The average Bonchev–Trinajstić information content (AvgIpc) is 2.75. The lowest BCUT2D eigenvalue weighted by Gasteiger charge is -2.03. The van der Waals surface area contributed by atoms with Crippen molar-refractivity contribution in [2.75, 3.05) is 10.6 Å². The summed E-state index contributed by atoms with van der Waals surface area (Å²) in [6.45, 7) is 1.46. The molecule has 2 aromatic rings. The fraction of sp³-hybridized carbons (Fsp3) is 0.0588. The Balaban J connectivity index is 1.92. The van der Waals surface area contributed by atoms with E-state index in [9.17, 15) is 9.59 Å². The van der Waals surface area contributed by atoms with E-state index in [4.69, 9.17) is 11.6 Å². The van der Waals surface area contributed by atoms with Crippen LogP contribution in [0.1, 0.15) is 18.1 Å². The fourth-order valence-electron chi connectivity index (χ4n) is 2.34. The van der Waals surface area contributed by atoms with Crippen LogP contribution in [0.2, 0.25) is 5.02 Å². The molecule has 2 N–H and O–H groups in total. The van der Waals surface area contributed by atoms with E-state index < -0.39 is 0 Å². The molecule has 0 saturated heterocycles. The number of hydrogen-bond acceptors (Lipinski definition) is 2. The van der Waals surface area contributed by atoms with E-state index in [1.807, 2.05) is 24.3 Å². The van der Waals surface area contributed by atoms with Crippen molar-refractivity contribution < 1.29 is 9.59 Å². The molecule has 2 aromatic carbocycles. The second kappa shape index (κ2) is 5.66. The Morgan fingerprint density at radius 3 is 2.59 bits per heavy atom. The van der Waals surface area contributed by atoms with E-state index in [0.29, 0.717) is 10.6 Å². The SMILES string of the molecule is CC(=O)Nc1ccc(C=C2C(=O)Nc3cc(Cl)ccc32)cc1. The maximum atomic E-state index is 12.1. The van der Waals surface area contributed by atoms with Crippen LogP contribution in [0.25, 0.3) is 11.6 Å². The first kappa shape index (κ1) is 14.4. The van der Waals surface area contributed by atoms with Crippen molar-refractivity contribution in [1.29, 1.82) is 0 Å². The minimum atomic E-state index is -0.150. The molecule has 1 aliphatic heterocycles. The molecule has 5 heteroatoms. The minimum absolute atomic E-state index is 0.118. The molecule has 0 spiro atoms. The molecule has 0 saturated carbocycles. The molecule has 0 radical (unpaired) electrons. The van der Waals surface area contributed by atoms with Gasteiger partial charge in [-0.1, -0.05) is 29.8 Å². The van der Waals surface area contributed by atoms with Gasteiger partial charge in [-0.25, -0.2) is 0 Å². The van der Waals surface area contributed by atoms with Crippen molar-refractivity contribution in [2.45, 2.75) is 6.92 Å². The number of anilines is 2. The number of nitrogens with one attached hydrogen (secondary N) is 2. The zero-order valence-corrected chi connectivity index (χ0v) is 12.6. The molecule has 2 amide bonds. The topological polar surface area (TPSA) is 58.2 Å². The third kappa shape index (κ3) is 2.87. The number of amides is 2. The summed E-state index contributed by atoms with van der Waals surface area (Å²) in [5.74, 6) is -0.268.